The zero-order valence-corrected chi connectivity index (χ0v) is 7.40. The average Bonchev–Trinajstić information content (AvgIpc) is 1.87. The zero-order chi connectivity index (χ0) is 8.69. The molecule has 2 nitrogen and oxygen atoms in total. The van der Waals surface area contributed by atoms with E-state index in [1.807, 2.05) is 6.92 Å². The van der Waals surface area contributed by atoms with Crippen LogP contribution in [0.15, 0.2) is 40.4 Å². The smallest absolute Gasteiger partial charge is 0.0931 e. The molecular formula is C8H12N2S. The number of allylic oxidation sites excluding steroid dienone is 1. The quantitative estimate of drug-likeness (QED) is 0.516. The monoisotopic (exact) mass is 168 g/mol. The van der Waals surface area contributed by atoms with E-state index in [9.17, 15) is 0 Å². The Morgan fingerprint density at radius 2 is 2.18 bits per heavy atom. The van der Waals surface area contributed by atoms with Crippen LogP contribution in [0, 0.1) is 0 Å². The van der Waals surface area contributed by atoms with Crippen molar-refractivity contribution in [3.8, 4) is 0 Å². The van der Waals surface area contributed by atoms with Gasteiger partial charge in [0.15, 0.2) is 0 Å². The minimum Gasteiger partial charge on any atom is -0.405 e. The van der Waals surface area contributed by atoms with Gasteiger partial charge in [0.25, 0.3) is 0 Å². The molecule has 0 bridgehead atoms. The second-order valence-electron chi connectivity index (χ2n) is 1.71. The summed E-state index contributed by atoms with van der Waals surface area (Å²) in [5.74, 6) is 0. The summed E-state index contributed by atoms with van der Waals surface area (Å²) < 4.78 is 0. The van der Waals surface area contributed by atoms with Crippen molar-refractivity contribution in [2.75, 3.05) is 0 Å². The molecular weight excluding hydrogens is 156 g/mol. The summed E-state index contributed by atoms with van der Waals surface area (Å²) >= 11 is 1.40. The first-order valence-electron chi connectivity index (χ1n) is 3.13. The molecule has 0 saturated heterocycles. The summed E-state index contributed by atoms with van der Waals surface area (Å²) in [5.41, 5.74) is 5.16. The Hall–Kier alpha value is -0.960. The van der Waals surface area contributed by atoms with E-state index < -0.39 is 0 Å². The van der Waals surface area contributed by atoms with Gasteiger partial charge in [-0.05, 0) is 19.2 Å². The van der Waals surface area contributed by atoms with E-state index in [-0.39, 0.29) is 0 Å². The highest BCUT2D eigenvalue weighted by Gasteiger charge is 1.91. The molecule has 2 N–H and O–H groups in total. The van der Waals surface area contributed by atoms with E-state index in [1.165, 1.54) is 18.0 Å². The number of nitrogens with two attached hydrogens (primary N) is 1. The molecule has 0 aliphatic rings. The van der Waals surface area contributed by atoms with Crippen molar-refractivity contribution in [1.29, 1.82) is 0 Å². The Morgan fingerprint density at radius 3 is 2.64 bits per heavy atom. The van der Waals surface area contributed by atoms with Gasteiger partial charge in [-0.1, -0.05) is 24.9 Å². The summed E-state index contributed by atoms with van der Waals surface area (Å²) in [6.45, 7) is 9.26. The number of aliphatic imine (C=N–C) groups is 1. The van der Waals surface area contributed by atoms with Crippen LogP contribution >= 0.6 is 11.8 Å². The third-order valence-corrected chi connectivity index (χ3v) is 1.54. The fourth-order valence-electron chi connectivity index (χ4n) is 0.463. The number of nitrogens with zero attached hydrogens (tertiary/aromatic N) is 1. The second-order valence-corrected chi connectivity index (χ2v) is 2.91. The Labute approximate surface area is 71.6 Å². The van der Waals surface area contributed by atoms with Crippen LogP contribution in [0.25, 0.3) is 0 Å². The first kappa shape index (κ1) is 10.0. The average molecular weight is 168 g/mol. The van der Waals surface area contributed by atoms with Gasteiger partial charge < -0.3 is 5.73 Å². The van der Waals surface area contributed by atoms with Crippen LogP contribution in [0.2, 0.25) is 0 Å². The van der Waals surface area contributed by atoms with Crippen LogP contribution in [0.4, 0.5) is 0 Å². The Morgan fingerprint density at radius 1 is 1.55 bits per heavy atom. The molecule has 0 rings (SSSR count). The Balaban J connectivity index is 3.85. The number of hydrogen-bond donors (Lipinski definition) is 1. The fourth-order valence-corrected chi connectivity index (χ4v) is 1.07. The second kappa shape index (κ2) is 5.80. The van der Waals surface area contributed by atoms with Crippen molar-refractivity contribution in [1.82, 2.24) is 0 Å². The van der Waals surface area contributed by atoms with Gasteiger partial charge in [0, 0.05) is 11.1 Å². The summed E-state index contributed by atoms with van der Waals surface area (Å²) in [7, 11) is 0. The molecule has 0 amide bonds. The van der Waals surface area contributed by atoms with Crippen molar-refractivity contribution in [3.05, 3.63) is 35.4 Å². The largest absolute Gasteiger partial charge is 0.405 e. The van der Waals surface area contributed by atoms with E-state index in [4.69, 9.17) is 5.73 Å². The van der Waals surface area contributed by atoms with E-state index in [1.54, 1.807) is 12.3 Å². The van der Waals surface area contributed by atoms with Gasteiger partial charge >= 0.3 is 0 Å². The number of thioether (sulfide) groups is 1. The Kier molecular flexibility index (Phi) is 5.29. The standard InChI is InChI=1S/C8H12N2S/c1-4-10-8(3)11-7(2)5-6-9/h4-6H,2-3,9H2,1H3/b6-5-,10-4-. The van der Waals surface area contributed by atoms with Crippen LogP contribution in [-0.4, -0.2) is 6.21 Å². The lowest BCUT2D eigenvalue weighted by molar-refractivity contribution is 1.55. The highest BCUT2D eigenvalue weighted by molar-refractivity contribution is 8.06. The minimum atomic E-state index is 0.718. The normalized spacial score (nSPS) is 11.0. The molecule has 0 atom stereocenters. The molecule has 0 aromatic heterocycles. The van der Waals surface area contributed by atoms with E-state index >= 15 is 0 Å². The van der Waals surface area contributed by atoms with Gasteiger partial charge in [0.1, 0.15) is 0 Å². The molecule has 0 radical (unpaired) electrons. The predicted molar refractivity (Wildman–Crippen MR) is 53.4 cm³/mol. The molecule has 0 fully saturated rings. The van der Waals surface area contributed by atoms with Crippen molar-refractivity contribution in [2.45, 2.75) is 6.92 Å². The highest BCUT2D eigenvalue weighted by atomic mass is 32.2. The molecule has 0 aromatic rings. The maximum absolute atomic E-state index is 5.16. The van der Waals surface area contributed by atoms with Crippen LogP contribution in [-0.2, 0) is 0 Å². The molecule has 11 heavy (non-hydrogen) atoms. The van der Waals surface area contributed by atoms with Gasteiger partial charge in [-0.2, -0.15) is 0 Å². The first-order chi connectivity index (χ1) is 5.20. The lowest BCUT2D eigenvalue weighted by atomic mass is 10.6. The Bertz CT molecular complexity index is 182. The molecule has 0 heterocycles. The SMILES string of the molecule is C=C(/C=C\N)SC(=C)/N=C\C. The van der Waals surface area contributed by atoms with Gasteiger partial charge in [-0.3, -0.25) is 4.99 Å². The lowest BCUT2D eigenvalue weighted by Crippen LogP contribution is -1.77. The number of rotatable bonds is 4. The maximum Gasteiger partial charge on any atom is 0.0931 e. The van der Waals surface area contributed by atoms with Crippen molar-refractivity contribution in [2.24, 2.45) is 10.7 Å². The molecule has 0 aromatic carbocycles. The highest BCUT2D eigenvalue weighted by Crippen LogP contribution is 2.23. The van der Waals surface area contributed by atoms with Gasteiger partial charge in [0.05, 0.1) is 5.03 Å². The molecule has 0 saturated carbocycles. The summed E-state index contributed by atoms with van der Waals surface area (Å²) in [6, 6.07) is 0. The first-order valence-corrected chi connectivity index (χ1v) is 3.95. The zero-order valence-electron chi connectivity index (χ0n) is 6.58. The molecule has 3 heteroatoms. The van der Waals surface area contributed by atoms with Crippen LogP contribution < -0.4 is 5.73 Å². The van der Waals surface area contributed by atoms with E-state index in [0.29, 0.717) is 0 Å². The molecule has 0 aliphatic carbocycles. The summed E-state index contributed by atoms with van der Waals surface area (Å²) in [5, 5.41) is 0.718. The topological polar surface area (TPSA) is 38.4 Å². The van der Waals surface area contributed by atoms with E-state index in [0.717, 1.165) is 9.93 Å². The van der Waals surface area contributed by atoms with E-state index in [2.05, 4.69) is 18.2 Å². The van der Waals surface area contributed by atoms with Crippen LogP contribution in [0.5, 0.6) is 0 Å². The molecule has 0 aliphatic heterocycles. The summed E-state index contributed by atoms with van der Waals surface area (Å²) in [6.07, 6.45) is 4.84. The van der Waals surface area contributed by atoms with Crippen molar-refractivity contribution >= 4 is 18.0 Å². The van der Waals surface area contributed by atoms with Gasteiger partial charge in [-0.15, -0.1) is 0 Å². The molecule has 0 unspecified atom stereocenters. The maximum atomic E-state index is 5.16. The number of hydrogen-bond acceptors (Lipinski definition) is 3. The van der Waals surface area contributed by atoms with Crippen molar-refractivity contribution < 1.29 is 0 Å². The minimum absolute atomic E-state index is 0.718. The fraction of sp³-hybridized carbons (Fsp3) is 0.125. The van der Waals surface area contributed by atoms with Crippen molar-refractivity contribution in [3.63, 3.8) is 0 Å². The van der Waals surface area contributed by atoms with Crippen LogP contribution in [0.3, 0.4) is 0 Å². The third-order valence-electron chi connectivity index (χ3n) is 0.804. The lowest BCUT2D eigenvalue weighted by Gasteiger charge is -1.96. The third kappa shape index (κ3) is 5.48. The predicted octanol–water partition coefficient (Wildman–Crippen LogP) is 2.27. The molecule has 0 spiro atoms. The molecule has 60 valence electrons. The summed E-state index contributed by atoms with van der Waals surface area (Å²) in [4.78, 5) is 4.79. The van der Waals surface area contributed by atoms with Gasteiger partial charge in [0.2, 0.25) is 0 Å². The van der Waals surface area contributed by atoms with Crippen LogP contribution in [0.1, 0.15) is 6.92 Å². The van der Waals surface area contributed by atoms with Gasteiger partial charge in [-0.25, -0.2) is 0 Å².